The van der Waals surface area contributed by atoms with E-state index < -0.39 is 0 Å². The van der Waals surface area contributed by atoms with Crippen molar-refractivity contribution >= 4 is 6.03 Å². The van der Waals surface area contributed by atoms with Gasteiger partial charge < -0.3 is 19.7 Å². The maximum Gasteiger partial charge on any atom is 0.317 e. The minimum absolute atomic E-state index is 0.00214. The van der Waals surface area contributed by atoms with Crippen molar-refractivity contribution in [2.24, 2.45) is 5.92 Å². The highest BCUT2D eigenvalue weighted by atomic mass is 16.5. The number of urea groups is 1. The van der Waals surface area contributed by atoms with Gasteiger partial charge in [0.15, 0.2) is 0 Å². The molecule has 1 N–H and O–H groups in total. The van der Waals surface area contributed by atoms with Crippen molar-refractivity contribution in [2.75, 3.05) is 32.9 Å². The van der Waals surface area contributed by atoms with Crippen molar-refractivity contribution in [2.45, 2.75) is 33.2 Å². The van der Waals surface area contributed by atoms with Crippen LogP contribution in [0.2, 0.25) is 0 Å². The van der Waals surface area contributed by atoms with E-state index in [1.54, 1.807) is 0 Å². The predicted octanol–water partition coefficient (Wildman–Crippen LogP) is 2.69. The topological polar surface area (TPSA) is 50.8 Å². The van der Waals surface area contributed by atoms with Gasteiger partial charge in [-0.3, -0.25) is 0 Å². The lowest BCUT2D eigenvalue weighted by Crippen LogP contribution is -2.51. The monoisotopic (exact) mass is 320 g/mol. The molecule has 1 aromatic rings. The quantitative estimate of drug-likeness (QED) is 0.877. The van der Waals surface area contributed by atoms with E-state index in [2.05, 4.69) is 31.3 Å². The van der Waals surface area contributed by atoms with Crippen LogP contribution in [0.4, 0.5) is 4.79 Å². The van der Waals surface area contributed by atoms with E-state index in [4.69, 9.17) is 9.47 Å². The van der Waals surface area contributed by atoms with Gasteiger partial charge in [-0.1, -0.05) is 26.0 Å². The summed E-state index contributed by atoms with van der Waals surface area (Å²) in [5.41, 5.74) is 1.19. The number of hydrogen-bond acceptors (Lipinski definition) is 3. The maximum absolute atomic E-state index is 12.1. The van der Waals surface area contributed by atoms with E-state index in [0.717, 1.165) is 18.8 Å². The molecule has 23 heavy (non-hydrogen) atoms. The van der Waals surface area contributed by atoms with E-state index in [-0.39, 0.29) is 12.1 Å². The Kier molecular flexibility index (Phi) is 6.71. The van der Waals surface area contributed by atoms with Crippen LogP contribution in [-0.2, 0) is 11.2 Å². The van der Waals surface area contributed by atoms with E-state index in [1.165, 1.54) is 5.56 Å². The Hall–Kier alpha value is -1.75. The van der Waals surface area contributed by atoms with Crippen molar-refractivity contribution in [3.8, 4) is 5.75 Å². The number of hydrogen-bond donors (Lipinski definition) is 1. The van der Waals surface area contributed by atoms with Crippen LogP contribution < -0.4 is 10.1 Å². The second-order valence-electron chi connectivity index (χ2n) is 6.45. The van der Waals surface area contributed by atoms with Gasteiger partial charge in [0.1, 0.15) is 5.75 Å². The molecule has 5 nitrogen and oxygen atoms in total. The number of rotatable bonds is 6. The van der Waals surface area contributed by atoms with Crippen LogP contribution in [0.15, 0.2) is 24.3 Å². The van der Waals surface area contributed by atoms with Gasteiger partial charge in [0.2, 0.25) is 0 Å². The molecule has 0 spiro atoms. The molecule has 1 fully saturated rings. The Morgan fingerprint density at radius 2 is 2.13 bits per heavy atom. The van der Waals surface area contributed by atoms with E-state index in [1.807, 2.05) is 24.0 Å². The van der Waals surface area contributed by atoms with Gasteiger partial charge in [-0.25, -0.2) is 4.79 Å². The molecule has 128 valence electrons. The molecule has 2 rings (SSSR count). The summed E-state index contributed by atoms with van der Waals surface area (Å²) in [5, 5.41) is 2.99. The molecule has 5 heteroatoms. The molecule has 1 heterocycles. The minimum atomic E-state index is -0.00214. The Bertz CT molecular complexity index is 488. The number of benzene rings is 1. The Balaban J connectivity index is 1.72. The number of carbonyl (C=O) groups excluding carboxylic acids is 1. The lowest BCUT2D eigenvalue weighted by Gasteiger charge is -2.33. The van der Waals surface area contributed by atoms with Crippen molar-refractivity contribution in [1.82, 2.24) is 10.2 Å². The van der Waals surface area contributed by atoms with Gasteiger partial charge in [0.05, 0.1) is 25.9 Å². The zero-order valence-corrected chi connectivity index (χ0v) is 14.4. The van der Waals surface area contributed by atoms with Crippen LogP contribution in [0.25, 0.3) is 0 Å². The van der Waals surface area contributed by atoms with Crippen LogP contribution in [0, 0.1) is 5.92 Å². The summed E-state index contributed by atoms with van der Waals surface area (Å²) in [6, 6.07) is 8.23. The molecule has 0 bridgehead atoms. The zero-order valence-electron chi connectivity index (χ0n) is 14.4. The molecule has 0 aromatic heterocycles. The molecule has 0 aliphatic carbocycles. The van der Waals surface area contributed by atoms with Crippen LogP contribution in [0.1, 0.15) is 26.3 Å². The molecular weight excluding hydrogens is 292 g/mol. The summed E-state index contributed by atoms with van der Waals surface area (Å²) in [4.78, 5) is 14.0. The lowest BCUT2D eigenvalue weighted by molar-refractivity contribution is 0.0191. The number of morpholine rings is 1. The third kappa shape index (κ3) is 5.75. The maximum atomic E-state index is 12.1. The standard InChI is InChI=1S/C18H28N2O3/c1-14(2)12-23-17-6-4-16(5-7-17)8-9-19-18(21)20-10-11-22-13-15(20)3/h4-7,14-15H,8-13H2,1-3H3,(H,19,21)/t15-/m1/s1. The Labute approximate surface area is 139 Å². The summed E-state index contributed by atoms with van der Waals surface area (Å²) in [6.45, 7) is 9.53. The number of ether oxygens (including phenoxy) is 2. The van der Waals surface area contributed by atoms with Crippen molar-refractivity contribution in [3.63, 3.8) is 0 Å². The summed E-state index contributed by atoms with van der Waals surface area (Å²) in [5.74, 6) is 1.42. The first-order valence-electron chi connectivity index (χ1n) is 8.40. The molecule has 1 aliphatic heterocycles. The lowest BCUT2D eigenvalue weighted by atomic mass is 10.1. The fraction of sp³-hybridized carbons (Fsp3) is 0.611. The highest BCUT2D eigenvalue weighted by molar-refractivity contribution is 5.74. The molecule has 0 radical (unpaired) electrons. The second-order valence-corrected chi connectivity index (χ2v) is 6.45. The number of nitrogens with zero attached hydrogens (tertiary/aromatic N) is 1. The van der Waals surface area contributed by atoms with Gasteiger partial charge in [-0.2, -0.15) is 0 Å². The molecule has 2 amide bonds. The first-order chi connectivity index (χ1) is 11.1. The van der Waals surface area contributed by atoms with Crippen LogP contribution in [-0.4, -0.2) is 49.9 Å². The van der Waals surface area contributed by atoms with Crippen LogP contribution in [0.3, 0.4) is 0 Å². The third-order valence-electron chi connectivity index (χ3n) is 3.83. The van der Waals surface area contributed by atoms with Crippen LogP contribution in [0.5, 0.6) is 5.75 Å². The molecule has 1 atom stereocenters. The largest absolute Gasteiger partial charge is 0.493 e. The van der Waals surface area contributed by atoms with E-state index in [9.17, 15) is 4.79 Å². The first kappa shape index (κ1) is 17.6. The summed E-state index contributed by atoms with van der Waals surface area (Å²) < 4.78 is 11.0. The van der Waals surface area contributed by atoms with Crippen LogP contribution >= 0.6 is 0 Å². The SMILES string of the molecule is CC(C)COc1ccc(CCNC(=O)N2CCOC[C@H]2C)cc1. The summed E-state index contributed by atoms with van der Waals surface area (Å²) >= 11 is 0. The van der Waals surface area contributed by atoms with Gasteiger partial charge >= 0.3 is 6.03 Å². The number of nitrogens with one attached hydrogen (secondary N) is 1. The van der Waals surface area contributed by atoms with Gasteiger partial charge in [0.25, 0.3) is 0 Å². The molecule has 1 aliphatic rings. The molecule has 1 saturated heterocycles. The first-order valence-corrected chi connectivity index (χ1v) is 8.40. The molecule has 0 unspecified atom stereocenters. The Morgan fingerprint density at radius 1 is 1.39 bits per heavy atom. The summed E-state index contributed by atoms with van der Waals surface area (Å²) in [6.07, 6.45) is 0.814. The molecular formula is C18H28N2O3. The average molecular weight is 320 g/mol. The van der Waals surface area contributed by atoms with E-state index >= 15 is 0 Å². The normalized spacial score (nSPS) is 18.1. The van der Waals surface area contributed by atoms with Gasteiger partial charge in [-0.15, -0.1) is 0 Å². The second kappa shape index (κ2) is 8.77. The predicted molar refractivity (Wildman–Crippen MR) is 90.9 cm³/mol. The minimum Gasteiger partial charge on any atom is -0.493 e. The van der Waals surface area contributed by atoms with Crippen molar-refractivity contribution in [1.29, 1.82) is 0 Å². The third-order valence-corrected chi connectivity index (χ3v) is 3.83. The zero-order chi connectivity index (χ0) is 16.7. The number of carbonyl (C=O) groups is 1. The van der Waals surface area contributed by atoms with E-state index in [0.29, 0.717) is 32.2 Å². The van der Waals surface area contributed by atoms with Gasteiger partial charge in [0, 0.05) is 13.1 Å². The Morgan fingerprint density at radius 3 is 2.78 bits per heavy atom. The highest BCUT2D eigenvalue weighted by Gasteiger charge is 2.23. The van der Waals surface area contributed by atoms with Crippen molar-refractivity contribution < 1.29 is 14.3 Å². The molecule has 0 saturated carbocycles. The molecule has 1 aromatic carbocycles. The fourth-order valence-electron chi connectivity index (χ4n) is 2.46. The average Bonchev–Trinajstić information content (AvgIpc) is 2.54. The van der Waals surface area contributed by atoms with Gasteiger partial charge in [-0.05, 0) is 37.0 Å². The summed E-state index contributed by atoms with van der Waals surface area (Å²) in [7, 11) is 0. The number of amides is 2. The fourth-order valence-corrected chi connectivity index (χ4v) is 2.46. The highest BCUT2D eigenvalue weighted by Crippen LogP contribution is 2.13. The van der Waals surface area contributed by atoms with Crippen molar-refractivity contribution in [3.05, 3.63) is 29.8 Å². The smallest absolute Gasteiger partial charge is 0.317 e.